The van der Waals surface area contributed by atoms with Crippen LogP contribution in [0.2, 0.25) is 0 Å². The highest BCUT2D eigenvalue weighted by molar-refractivity contribution is 6.28. The molecule has 1 aliphatic carbocycles. The largest absolute Gasteiger partial charge is 0.458 e. The molecule has 0 amide bonds. The van der Waals surface area contributed by atoms with Gasteiger partial charge in [-0.1, -0.05) is 140 Å². The highest BCUT2D eigenvalue weighted by Crippen LogP contribution is 2.48. The number of allylic oxidation sites excluding steroid dienone is 1. The third-order valence-electron chi connectivity index (χ3n) is 12.0. The quantitative estimate of drug-likeness (QED) is 0.173. The lowest BCUT2D eigenvalue weighted by molar-refractivity contribution is 0.461. The first-order valence-corrected chi connectivity index (χ1v) is 19.8. The number of fused-ring (bicyclic) bond motifs is 10. The predicted octanol–water partition coefficient (Wildman–Crippen LogP) is 14.6. The minimum Gasteiger partial charge on any atom is -0.458 e. The second kappa shape index (κ2) is 12.6. The second-order valence-corrected chi connectivity index (χ2v) is 15.2. The van der Waals surface area contributed by atoms with E-state index < -0.39 is 0 Å². The average molecular weight is 729 g/mol. The van der Waals surface area contributed by atoms with Gasteiger partial charge in [0.15, 0.2) is 0 Å². The molecule has 3 heterocycles. The molecule has 8 aromatic carbocycles. The van der Waals surface area contributed by atoms with Crippen LogP contribution in [0.1, 0.15) is 23.8 Å². The fraction of sp³-hybridized carbons (Fsp3) is 0.0370. The van der Waals surface area contributed by atoms with Crippen LogP contribution in [0.5, 0.6) is 0 Å². The van der Waals surface area contributed by atoms with Crippen molar-refractivity contribution in [3.63, 3.8) is 0 Å². The Hall–Kier alpha value is -7.36. The van der Waals surface area contributed by atoms with E-state index >= 15 is 0 Å². The lowest BCUT2D eigenvalue weighted by Crippen LogP contribution is -2.12. The first-order chi connectivity index (χ1) is 28.3. The summed E-state index contributed by atoms with van der Waals surface area (Å²) in [6.45, 7) is 0. The molecule has 1 aliphatic rings. The number of hydrogen-bond acceptors (Lipinski definition) is 1. The van der Waals surface area contributed by atoms with Crippen molar-refractivity contribution in [2.75, 3.05) is 0 Å². The Balaban J connectivity index is 1.09. The number of rotatable bonds is 5. The van der Waals surface area contributed by atoms with Gasteiger partial charge in [-0.2, -0.15) is 0 Å². The maximum Gasteiger partial charge on any atom is 0.135 e. The summed E-state index contributed by atoms with van der Waals surface area (Å²) in [5.74, 6) is 1.01. The predicted molar refractivity (Wildman–Crippen MR) is 238 cm³/mol. The van der Waals surface area contributed by atoms with Gasteiger partial charge in [0.2, 0.25) is 0 Å². The topological polar surface area (TPSA) is 23.0 Å². The molecule has 3 aromatic heterocycles. The summed E-state index contributed by atoms with van der Waals surface area (Å²) < 4.78 is 12.0. The summed E-state index contributed by atoms with van der Waals surface area (Å²) >= 11 is 0. The van der Waals surface area contributed by atoms with Crippen molar-refractivity contribution in [2.45, 2.75) is 12.5 Å². The first-order valence-electron chi connectivity index (χ1n) is 19.8. The van der Waals surface area contributed by atoms with E-state index in [4.69, 9.17) is 4.42 Å². The molecule has 12 rings (SSSR count). The minimum atomic E-state index is -0.0249. The lowest BCUT2D eigenvalue weighted by atomic mass is 9.90. The Bertz CT molecular complexity index is 3310. The fourth-order valence-corrected chi connectivity index (χ4v) is 9.61. The summed E-state index contributed by atoms with van der Waals surface area (Å²) in [4.78, 5) is 0. The zero-order chi connectivity index (χ0) is 37.5. The van der Waals surface area contributed by atoms with Gasteiger partial charge in [0, 0.05) is 43.7 Å². The molecule has 0 saturated heterocycles. The summed E-state index contributed by atoms with van der Waals surface area (Å²) in [5, 5.41) is 6.25. The fourth-order valence-electron chi connectivity index (χ4n) is 9.61. The second-order valence-electron chi connectivity index (χ2n) is 15.2. The average Bonchev–Trinajstić information content (AvgIpc) is 3.95. The van der Waals surface area contributed by atoms with Crippen molar-refractivity contribution < 1.29 is 4.42 Å². The standard InChI is InChI=1S/C54H36N2O/c1-4-16-35(17-5-1)37-32-38(36-18-6-2-7-19-36)34-39(33-37)41-24-15-29-50-51(41)44-25-14-28-49(54(44)57-50)56-46-27-13-11-23-43(46)53-48(56)31-30-47-52(53)42-22-10-12-26-45(42)55(47)40-20-8-3-9-21-40/h1-27,29-34,49H,28H2. The number of benzene rings is 8. The van der Waals surface area contributed by atoms with E-state index in [9.17, 15) is 0 Å². The van der Waals surface area contributed by atoms with Crippen molar-refractivity contribution in [1.82, 2.24) is 9.13 Å². The van der Waals surface area contributed by atoms with Crippen molar-refractivity contribution in [3.05, 3.63) is 205 Å². The van der Waals surface area contributed by atoms with Crippen LogP contribution in [0.4, 0.5) is 0 Å². The summed E-state index contributed by atoms with van der Waals surface area (Å²) in [7, 11) is 0. The van der Waals surface area contributed by atoms with Crippen molar-refractivity contribution in [3.8, 4) is 39.1 Å². The van der Waals surface area contributed by atoms with Crippen LogP contribution in [0, 0.1) is 0 Å². The molecule has 0 saturated carbocycles. The molecule has 57 heavy (non-hydrogen) atoms. The van der Waals surface area contributed by atoms with E-state index in [1.807, 2.05) is 0 Å². The van der Waals surface area contributed by atoms with Crippen LogP contribution in [0.3, 0.4) is 0 Å². The first kappa shape index (κ1) is 31.9. The molecule has 0 fully saturated rings. The maximum atomic E-state index is 7.06. The number of aromatic nitrogens is 2. The van der Waals surface area contributed by atoms with E-state index in [0.717, 1.165) is 34.4 Å². The molecule has 0 radical (unpaired) electrons. The van der Waals surface area contributed by atoms with Gasteiger partial charge in [-0.15, -0.1) is 0 Å². The summed E-state index contributed by atoms with van der Waals surface area (Å²) in [6.07, 6.45) is 5.47. The van der Waals surface area contributed by atoms with Crippen LogP contribution >= 0.6 is 0 Å². The molecule has 11 aromatic rings. The molecule has 0 N–H and O–H groups in total. The van der Waals surface area contributed by atoms with E-state index in [0.29, 0.717) is 0 Å². The molecular weight excluding hydrogens is 693 g/mol. The SMILES string of the molecule is C1=Cc2c(oc3cccc(-c4cc(-c5ccccc5)cc(-c5ccccc5)c4)c23)C(n2c3ccccc3c3c4c5ccccc5n(-c5ccccc5)c4ccc32)C1. The van der Waals surface area contributed by atoms with Gasteiger partial charge in [0.25, 0.3) is 0 Å². The smallest absolute Gasteiger partial charge is 0.135 e. The Labute approximate surface area is 330 Å². The van der Waals surface area contributed by atoms with Crippen molar-refractivity contribution in [1.29, 1.82) is 0 Å². The van der Waals surface area contributed by atoms with Gasteiger partial charge in [-0.3, -0.25) is 0 Å². The molecule has 1 atom stereocenters. The Morgan fingerprint density at radius 1 is 0.439 bits per heavy atom. The van der Waals surface area contributed by atoms with Crippen molar-refractivity contribution >= 4 is 60.7 Å². The molecule has 0 aliphatic heterocycles. The number of para-hydroxylation sites is 3. The lowest BCUT2D eigenvalue weighted by Gasteiger charge is -2.22. The maximum absolute atomic E-state index is 7.06. The zero-order valence-electron chi connectivity index (χ0n) is 31.1. The Kier molecular flexibility index (Phi) is 7.05. The third-order valence-corrected chi connectivity index (χ3v) is 12.0. The van der Waals surface area contributed by atoms with Gasteiger partial charge in [0.1, 0.15) is 11.3 Å². The van der Waals surface area contributed by atoms with Gasteiger partial charge in [-0.05, 0) is 100 Å². The van der Waals surface area contributed by atoms with Crippen LogP contribution < -0.4 is 0 Å². The van der Waals surface area contributed by atoms with E-state index in [-0.39, 0.29) is 6.04 Å². The molecule has 0 bridgehead atoms. The van der Waals surface area contributed by atoms with E-state index in [1.165, 1.54) is 77.0 Å². The molecular formula is C54H36N2O. The third kappa shape index (κ3) is 4.85. The molecule has 1 unspecified atom stereocenters. The number of nitrogens with zero attached hydrogens (tertiary/aromatic N) is 2. The highest BCUT2D eigenvalue weighted by Gasteiger charge is 2.30. The Morgan fingerprint density at radius 2 is 1.02 bits per heavy atom. The molecule has 0 spiro atoms. The van der Waals surface area contributed by atoms with Crippen LogP contribution in [0.25, 0.3) is 99.7 Å². The van der Waals surface area contributed by atoms with Crippen LogP contribution in [0.15, 0.2) is 199 Å². The molecule has 268 valence electrons. The number of furan rings is 1. The van der Waals surface area contributed by atoms with Crippen LogP contribution in [-0.4, -0.2) is 9.13 Å². The van der Waals surface area contributed by atoms with Gasteiger partial charge in [-0.25, -0.2) is 0 Å². The Morgan fingerprint density at radius 3 is 1.74 bits per heavy atom. The normalized spacial score (nSPS) is 14.0. The van der Waals surface area contributed by atoms with Gasteiger partial charge in [0.05, 0.1) is 22.6 Å². The molecule has 3 heteroatoms. The highest BCUT2D eigenvalue weighted by atomic mass is 16.3. The molecule has 3 nitrogen and oxygen atoms in total. The van der Waals surface area contributed by atoms with Crippen LogP contribution in [-0.2, 0) is 0 Å². The minimum absolute atomic E-state index is 0.0249. The van der Waals surface area contributed by atoms with Crippen molar-refractivity contribution in [2.24, 2.45) is 0 Å². The van der Waals surface area contributed by atoms with Gasteiger partial charge >= 0.3 is 0 Å². The summed E-state index contributed by atoms with van der Waals surface area (Å²) in [5.41, 5.74) is 15.2. The van der Waals surface area contributed by atoms with E-state index in [2.05, 4.69) is 209 Å². The monoisotopic (exact) mass is 728 g/mol. The van der Waals surface area contributed by atoms with E-state index in [1.54, 1.807) is 0 Å². The summed E-state index contributed by atoms with van der Waals surface area (Å²) in [6, 6.07) is 68.0. The van der Waals surface area contributed by atoms with Gasteiger partial charge < -0.3 is 13.6 Å². The zero-order valence-corrected chi connectivity index (χ0v) is 31.1. The number of hydrogen-bond donors (Lipinski definition) is 0.